The number of aliphatic hydroxyl groups is 1. The fourth-order valence-corrected chi connectivity index (χ4v) is 2.72. The third-order valence-electron chi connectivity index (χ3n) is 5.44. The molecule has 1 aromatic heterocycles. The van der Waals surface area contributed by atoms with Crippen LogP contribution < -0.4 is 5.32 Å². The second-order valence-corrected chi connectivity index (χ2v) is 8.64. The minimum atomic E-state index is -0.776. The van der Waals surface area contributed by atoms with Gasteiger partial charge in [0.1, 0.15) is 0 Å². The summed E-state index contributed by atoms with van der Waals surface area (Å²) in [6.45, 7) is 16.5. The van der Waals surface area contributed by atoms with Crippen LogP contribution in [0.1, 0.15) is 79.8 Å². The SMILES string of the molecule is CCC(C)(C)NCCCCc1cnnn1C[C@](O)(CC)C(C)(C)C. The highest BCUT2D eigenvalue weighted by atomic mass is 16.3. The van der Waals surface area contributed by atoms with E-state index in [2.05, 4.69) is 57.2 Å². The smallest absolute Gasteiger partial charge is 0.0888 e. The van der Waals surface area contributed by atoms with Crippen molar-refractivity contribution in [2.24, 2.45) is 5.41 Å². The van der Waals surface area contributed by atoms with Gasteiger partial charge in [0.2, 0.25) is 0 Å². The summed E-state index contributed by atoms with van der Waals surface area (Å²) in [4.78, 5) is 0. The van der Waals surface area contributed by atoms with Gasteiger partial charge in [0.25, 0.3) is 0 Å². The first-order chi connectivity index (χ1) is 11.0. The Morgan fingerprint density at radius 1 is 1.08 bits per heavy atom. The largest absolute Gasteiger partial charge is 0.387 e. The molecule has 0 radical (unpaired) electrons. The summed E-state index contributed by atoms with van der Waals surface area (Å²) in [5.41, 5.74) is 0.358. The quantitative estimate of drug-likeness (QED) is 0.640. The number of aromatic nitrogens is 3. The van der Waals surface area contributed by atoms with Gasteiger partial charge in [-0.15, -0.1) is 5.10 Å². The number of unbranched alkanes of at least 4 members (excludes halogenated alkanes) is 1. The van der Waals surface area contributed by atoms with Gasteiger partial charge in [-0.05, 0) is 57.9 Å². The van der Waals surface area contributed by atoms with Crippen molar-refractivity contribution in [3.8, 4) is 0 Å². The lowest BCUT2D eigenvalue weighted by Crippen LogP contribution is -2.46. The molecule has 2 N–H and O–H groups in total. The van der Waals surface area contributed by atoms with E-state index in [1.807, 2.05) is 17.8 Å². The van der Waals surface area contributed by atoms with Crippen LogP contribution >= 0.6 is 0 Å². The molecule has 0 aromatic carbocycles. The van der Waals surface area contributed by atoms with Crippen molar-refractivity contribution in [3.05, 3.63) is 11.9 Å². The van der Waals surface area contributed by atoms with Gasteiger partial charge in [-0.3, -0.25) is 0 Å². The molecule has 1 rings (SSSR count). The van der Waals surface area contributed by atoms with E-state index in [0.29, 0.717) is 13.0 Å². The zero-order valence-electron chi connectivity index (χ0n) is 16.8. The first-order valence-electron chi connectivity index (χ1n) is 9.39. The summed E-state index contributed by atoms with van der Waals surface area (Å²) in [6, 6.07) is 0. The Morgan fingerprint density at radius 2 is 1.75 bits per heavy atom. The van der Waals surface area contributed by atoms with Gasteiger partial charge >= 0.3 is 0 Å². The van der Waals surface area contributed by atoms with Crippen LogP contribution in [0.3, 0.4) is 0 Å². The standard InChI is InChI=1S/C19H38N4O/c1-8-18(6,7)20-13-11-10-12-16-14-21-22-23(16)15-19(24,9-2)17(3,4)5/h14,20,24H,8-13,15H2,1-7H3/t19-/m1/s1. The summed E-state index contributed by atoms with van der Waals surface area (Å²) in [6.07, 6.45) is 6.84. The van der Waals surface area contributed by atoms with E-state index in [0.717, 1.165) is 37.9 Å². The molecule has 0 bridgehead atoms. The average molecular weight is 339 g/mol. The van der Waals surface area contributed by atoms with Gasteiger partial charge in [0, 0.05) is 5.54 Å². The molecule has 0 aliphatic heterocycles. The highest BCUT2D eigenvalue weighted by Crippen LogP contribution is 2.34. The molecule has 5 heteroatoms. The van der Waals surface area contributed by atoms with E-state index in [1.54, 1.807) is 0 Å². The number of nitrogens with zero attached hydrogens (tertiary/aromatic N) is 3. The Labute approximate surface area is 148 Å². The Morgan fingerprint density at radius 3 is 2.29 bits per heavy atom. The van der Waals surface area contributed by atoms with Crippen LogP contribution in [0.2, 0.25) is 0 Å². The third-order valence-corrected chi connectivity index (χ3v) is 5.44. The lowest BCUT2D eigenvalue weighted by Gasteiger charge is -2.39. The Hall–Kier alpha value is -0.940. The third kappa shape index (κ3) is 5.85. The summed E-state index contributed by atoms with van der Waals surface area (Å²) in [5, 5.41) is 22.8. The van der Waals surface area contributed by atoms with E-state index < -0.39 is 5.60 Å². The summed E-state index contributed by atoms with van der Waals surface area (Å²) in [5.74, 6) is 0. The molecular weight excluding hydrogens is 300 g/mol. The minimum Gasteiger partial charge on any atom is -0.387 e. The van der Waals surface area contributed by atoms with Gasteiger partial charge in [0.05, 0.1) is 24.0 Å². The van der Waals surface area contributed by atoms with Gasteiger partial charge in [-0.2, -0.15) is 0 Å². The molecule has 1 heterocycles. The van der Waals surface area contributed by atoms with Crippen LogP contribution in [0, 0.1) is 5.41 Å². The molecule has 0 aliphatic carbocycles. The van der Waals surface area contributed by atoms with Crippen molar-refractivity contribution in [2.45, 2.75) is 98.3 Å². The maximum absolute atomic E-state index is 11.0. The van der Waals surface area contributed by atoms with Crippen LogP contribution in [0.15, 0.2) is 6.20 Å². The van der Waals surface area contributed by atoms with Gasteiger partial charge in [-0.25, -0.2) is 4.68 Å². The molecule has 24 heavy (non-hydrogen) atoms. The van der Waals surface area contributed by atoms with E-state index >= 15 is 0 Å². The summed E-state index contributed by atoms with van der Waals surface area (Å²) < 4.78 is 1.89. The number of hydrogen-bond acceptors (Lipinski definition) is 4. The topological polar surface area (TPSA) is 63.0 Å². The van der Waals surface area contributed by atoms with Gasteiger partial charge in [0.15, 0.2) is 0 Å². The highest BCUT2D eigenvalue weighted by Gasteiger charge is 2.39. The molecule has 0 spiro atoms. The van der Waals surface area contributed by atoms with Gasteiger partial charge < -0.3 is 10.4 Å². The van der Waals surface area contributed by atoms with Crippen molar-refractivity contribution in [1.82, 2.24) is 20.3 Å². The Balaban J connectivity index is 2.54. The zero-order chi connectivity index (χ0) is 18.4. The molecule has 140 valence electrons. The first kappa shape index (κ1) is 21.1. The van der Waals surface area contributed by atoms with Crippen molar-refractivity contribution in [2.75, 3.05) is 6.54 Å². The summed E-state index contributed by atoms with van der Waals surface area (Å²) >= 11 is 0. The minimum absolute atomic E-state index is 0.194. The second kappa shape index (κ2) is 8.43. The normalized spacial score (nSPS) is 15.5. The van der Waals surface area contributed by atoms with Crippen molar-refractivity contribution in [1.29, 1.82) is 0 Å². The first-order valence-corrected chi connectivity index (χ1v) is 9.39. The maximum atomic E-state index is 11.0. The second-order valence-electron chi connectivity index (χ2n) is 8.64. The molecule has 1 atom stereocenters. The molecule has 0 aliphatic rings. The van der Waals surface area contributed by atoms with Crippen LogP contribution in [-0.2, 0) is 13.0 Å². The monoisotopic (exact) mass is 338 g/mol. The molecule has 1 aromatic rings. The number of rotatable bonds is 10. The lowest BCUT2D eigenvalue weighted by atomic mass is 9.74. The zero-order valence-corrected chi connectivity index (χ0v) is 16.8. The molecule has 0 unspecified atom stereocenters. The van der Waals surface area contributed by atoms with E-state index in [-0.39, 0.29) is 11.0 Å². The average Bonchev–Trinajstić information content (AvgIpc) is 2.92. The molecule has 0 amide bonds. The molecule has 0 saturated carbocycles. The van der Waals surface area contributed by atoms with E-state index in [4.69, 9.17) is 0 Å². The van der Waals surface area contributed by atoms with Crippen molar-refractivity contribution in [3.63, 3.8) is 0 Å². The summed E-state index contributed by atoms with van der Waals surface area (Å²) in [7, 11) is 0. The van der Waals surface area contributed by atoms with E-state index in [9.17, 15) is 5.11 Å². The predicted octanol–water partition coefficient (Wildman–Crippen LogP) is 3.57. The number of nitrogens with one attached hydrogen (secondary N) is 1. The molecular formula is C19H38N4O. The number of hydrogen-bond donors (Lipinski definition) is 2. The van der Waals surface area contributed by atoms with Crippen LogP contribution in [0.25, 0.3) is 0 Å². The molecule has 0 saturated heterocycles. The lowest BCUT2D eigenvalue weighted by molar-refractivity contribution is -0.0770. The highest BCUT2D eigenvalue weighted by molar-refractivity contribution is 4.98. The molecule has 0 fully saturated rings. The Bertz CT molecular complexity index is 490. The fourth-order valence-electron chi connectivity index (χ4n) is 2.72. The Kier molecular flexibility index (Phi) is 7.42. The van der Waals surface area contributed by atoms with E-state index in [1.165, 1.54) is 0 Å². The van der Waals surface area contributed by atoms with Crippen molar-refractivity contribution >= 4 is 0 Å². The predicted molar refractivity (Wildman–Crippen MR) is 100 cm³/mol. The fraction of sp³-hybridized carbons (Fsp3) is 0.895. The van der Waals surface area contributed by atoms with Gasteiger partial charge in [-0.1, -0.05) is 39.8 Å². The maximum Gasteiger partial charge on any atom is 0.0888 e. The van der Waals surface area contributed by atoms with Crippen LogP contribution in [0.5, 0.6) is 0 Å². The van der Waals surface area contributed by atoms with Crippen molar-refractivity contribution < 1.29 is 5.11 Å². The number of aryl methyl sites for hydroxylation is 1. The van der Waals surface area contributed by atoms with Crippen LogP contribution in [-0.4, -0.2) is 37.8 Å². The molecule has 5 nitrogen and oxygen atoms in total. The van der Waals surface area contributed by atoms with Crippen LogP contribution in [0.4, 0.5) is 0 Å².